The monoisotopic (exact) mass is 250 g/mol. The minimum Gasteiger partial charge on any atom is -0.343 e. The molecule has 0 unspecified atom stereocenters. The average Bonchev–Trinajstić information content (AvgIpc) is 2.42. The van der Waals surface area contributed by atoms with E-state index in [1.165, 1.54) is 11.1 Å². The van der Waals surface area contributed by atoms with E-state index in [1.807, 2.05) is 4.90 Å². The number of halogens is 1. The molecule has 0 spiro atoms. The Hall–Kier alpha value is -1.80. The van der Waals surface area contributed by atoms with Crippen molar-refractivity contribution in [3.05, 3.63) is 11.5 Å². The Labute approximate surface area is 104 Å². The summed E-state index contributed by atoms with van der Waals surface area (Å²) in [6, 6.07) is 0. The van der Waals surface area contributed by atoms with Crippen molar-refractivity contribution in [2.24, 2.45) is 0 Å². The van der Waals surface area contributed by atoms with E-state index >= 15 is 0 Å². The van der Waals surface area contributed by atoms with Gasteiger partial charge in [0.05, 0.1) is 12.7 Å². The largest absolute Gasteiger partial charge is 0.343 e. The second-order valence-electron chi connectivity index (χ2n) is 3.68. The molecule has 17 heavy (non-hydrogen) atoms. The predicted molar refractivity (Wildman–Crippen MR) is 66.1 cm³/mol. The number of terminal acetylenes is 1. The highest BCUT2D eigenvalue weighted by atomic mass is 35.5. The van der Waals surface area contributed by atoms with Crippen LogP contribution in [0.15, 0.2) is 6.20 Å². The molecule has 6 heteroatoms. The van der Waals surface area contributed by atoms with Gasteiger partial charge < -0.3 is 9.80 Å². The number of amides is 1. The van der Waals surface area contributed by atoms with Crippen LogP contribution in [0.4, 0.5) is 11.5 Å². The highest BCUT2D eigenvalue weighted by Gasteiger charge is 2.25. The zero-order valence-corrected chi connectivity index (χ0v) is 10.1. The summed E-state index contributed by atoms with van der Waals surface area (Å²) in [5.74, 6) is 3.17. The molecule has 1 aliphatic rings. The standard InChI is InChI=1S/C11H11ClN4O/c1-3-5-16-6-4-9(17)15(2)8-7-13-11(12)14-10(8)16/h1,7H,4-6H2,2H3. The van der Waals surface area contributed by atoms with Crippen molar-refractivity contribution in [1.82, 2.24) is 9.97 Å². The van der Waals surface area contributed by atoms with Gasteiger partial charge >= 0.3 is 0 Å². The molecule has 1 aliphatic heterocycles. The normalized spacial score (nSPS) is 15.2. The number of nitrogens with zero attached hydrogens (tertiary/aromatic N) is 4. The lowest BCUT2D eigenvalue weighted by molar-refractivity contribution is -0.118. The van der Waals surface area contributed by atoms with Crippen molar-refractivity contribution in [1.29, 1.82) is 0 Å². The Balaban J connectivity index is 2.51. The smallest absolute Gasteiger partial charge is 0.228 e. The third kappa shape index (κ3) is 2.17. The van der Waals surface area contributed by atoms with E-state index in [9.17, 15) is 4.79 Å². The minimum atomic E-state index is 0.0108. The quantitative estimate of drug-likeness (QED) is 0.550. The van der Waals surface area contributed by atoms with Crippen molar-refractivity contribution < 1.29 is 4.79 Å². The van der Waals surface area contributed by atoms with Crippen LogP contribution < -0.4 is 9.80 Å². The van der Waals surface area contributed by atoms with Gasteiger partial charge in [-0.2, -0.15) is 4.98 Å². The van der Waals surface area contributed by atoms with Crippen LogP contribution in [0.2, 0.25) is 5.28 Å². The van der Waals surface area contributed by atoms with E-state index < -0.39 is 0 Å². The minimum absolute atomic E-state index is 0.0108. The molecule has 0 fully saturated rings. The number of aromatic nitrogens is 2. The summed E-state index contributed by atoms with van der Waals surface area (Å²) in [7, 11) is 1.69. The van der Waals surface area contributed by atoms with Crippen LogP contribution in [0, 0.1) is 12.3 Å². The molecule has 5 nitrogen and oxygen atoms in total. The van der Waals surface area contributed by atoms with E-state index in [0.717, 1.165) is 0 Å². The first-order chi connectivity index (χ1) is 8.13. The van der Waals surface area contributed by atoms with Gasteiger partial charge in [-0.1, -0.05) is 5.92 Å². The topological polar surface area (TPSA) is 49.3 Å². The number of carbonyl (C=O) groups excluding carboxylic acids is 1. The first kappa shape index (κ1) is 11.7. The highest BCUT2D eigenvalue weighted by Crippen LogP contribution is 2.29. The molecule has 0 N–H and O–H groups in total. The number of anilines is 2. The van der Waals surface area contributed by atoms with Gasteiger partial charge in [-0.15, -0.1) is 6.42 Å². The number of hydrogen-bond acceptors (Lipinski definition) is 4. The Morgan fingerprint density at radius 3 is 3.12 bits per heavy atom. The van der Waals surface area contributed by atoms with Crippen molar-refractivity contribution in [2.45, 2.75) is 6.42 Å². The third-order valence-electron chi connectivity index (χ3n) is 2.63. The van der Waals surface area contributed by atoms with Crippen LogP contribution >= 0.6 is 11.6 Å². The fourth-order valence-electron chi connectivity index (χ4n) is 1.72. The fourth-order valence-corrected chi connectivity index (χ4v) is 1.85. The lowest BCUT2D eigenvalue weighted by atomic mass is 10.3. The van der Waals surface area contributed by atoms with E-state index in [4.69, 9.17) is 18.0 Å². The first-order valence-corrected chi connectivity index (χ1v) is 5.49. The molecule has 0 aliphatic carbocycles. The SMILES string of the molecule is C#CCN1CCC(=O)N(C)c2cnc(Cl)nc21. The van der Waals surface area contributed by atoms with Crippen molar-refractivity contribution in [3.8, 4) is 12.3 Å². The molecule has 0 atom stereocenters. The zero-order chi connectivity index (χ0) is 12.4. The lowest BCUT2D eigenvalue weighted by Crippen LogP contribution is -2.26. The number of hydrogen-bond donors (Lipinski definition) is 0. The van der Waals surface area contributed by atoms with Gasteiger partial charge in [0.25, 0.3) is 0 Å². The Morgan fingerprint density at radius 1 is 1.65 bits per heavy atom. The maximum atomic E-state index is 11.8. The maximum Gasteiger partial charge on any atom is 0.228 e. The van der Waals surface area contributed by atoms with E-state index in [2.05, 4.69) is 15.9 Å². The molecular weight excluding hydrogens is 240 g/mol. The molecule has 1 aromatic rings. The number of rotatable bonds is 1. The van der Waals surface area contributed by atoms with Crippen molar-refractivity contribution in [2.75, 3.05) is 29.9 Å². The Morgan fingerprint density at radius 2 is 2.41 bits per heavy atom. The van der Waals surface area contributed by atoms with E-state index in [0.29, 0.717) is 31.0 Å². The molecule has 0 saturated heterocycles. The van der Waals surface area contributed by atoms with Gasteiger partial charge in [0.2, 0.25) is 11.2 Å². The highest BCUT2D eigenvalue weighted by molar-refractivity contribution is 6.28. The van der Waals surface area contributed by atoms with Gasteiger partial charge in [0.15, 0.2) is 5.82 Å². The van der Waals surface area contributed by atoms with Gasteiger partial charge in [-0.25, -0.2) is 4.98 Å². The zero-order valence-electron chi connectivity index (χ0n) is 9.35. The predicted octanol–water partition coefficient (Wildman–Crippen LogP) is 0.936. The second-order valence-corrected chi connectivity index (χ2v) is 4.01. The Kier molecular flexibility index (Phi) is 3.16. The van der Waals surface area contributed by atoms with Crippen LogP contribution in [-0.2, 0) is 4.79 Å². The summed E-state index contributed by atoms with van der Waals surface area (Å²) in [6.45, 7) is 0.926. The average molecular weight is 251 g/mol. The Bertz CT molecular complexity index is 497. The summed E-state index contributed by atoms with van der Waals surface area (Å²) in [4.78, 5) is 23.2. The molecular formula is C11H11ClN4O. The molecule has 0 saturated carbocycles. The molecule has 2 heterocycles. The molecule has 88 valence electrons. The molecule has 0 radical (unpaired) electrons. The molecule has 1 aromatic heterocycles. The molecule has 2 rings (SSSR count). The van der Waals surface area contributed by atoms with Crippen molar-refractivity contribution >= 4 is 29.0 Å². The van der Waals surface area contributed by atoms with Gasteiger partial charge in [-0.05, 0) is 11.6 Å². The van der Waals surface area contributed by atoms with Gasteiger partial charge in [0.1, 0.15) is 5.69 Å². The van der Waals surface area contributed by atoms with Gasteiger partial charge in [0, 0.05) is 20.0 Å². The van der Waals surface area contributed by atoms with Crippen LogP contribution in [-0.4, -0.2) is 36.0 Å². The van der Waals surface area contributed by atoms with Crippen LogP contribution in [0.5, 0.6) is 0 Å². The van der Waals surface area contributed by atoms with Gasteiger partial charge in [-0.3, -0.25) is 4.79 Å². The summed E-state index contributed by atoms with van der Waals surface area (Å²) in [5.41, 5.74) is 0.632. The third-order valence-corrected chi connectivity index (χ3v) is 2.82. The van der Waals surface area contributed by atoms with Crippen LogP contribution in [0.25, 0.3) is 0 Å². The van der Waals surface area contributed by atoms with E-state index in [-0.39, 0.29) is 11.2 Å². The second kappa shape index (κ2) is 4.60. The number of fused-ring (bicyclic) bond motifs is 1. The van der Waals surface area contributed by atoms with Crippen molar-refractivity contribution in [3.63, 3.8) is 0 Å². The van der Waals surface area contributed by atoms with E-state index in [1.54, 1.807) is 7.05 Å². The summed E-state index contributed by atoms with van der Waals surface area (Å²) in [5, 5.41) is 0.147. The maximum absolute atomic E-state index is 11.8. The summed E-state index contributed by atoms with van der Waals surface area (Å²) < 4.78 is 0. The van der Waals surface area contributed by atoms with Crippen LogP contribution in [0.3, 0.4) is 0 Å². The summed E-state index contributed by atoms with van der Waals surface area (Å²) in [6.07, 6.45) is 7.24. The fraction of sp³-hybridized carbons (Fsp3) is 0.364. The van der Waals surface area contributed by atoms with Crippen LogP contribution in [0.1, 0.15) is 6.42 Å². The lowest BCUT2D eigenvalue weighted by Gasteiger charge is -2.21. The molecule has 0 aromatic carbocycles. The molecule has 1 amide bonds. The summed E-state index contributed by atoms with van der Waals surface area (Å²) >= 11 is 5.78. The first-order valence-electron chi connectivity index (χ1n) is 5.11. The molecule has 0 bridgehead atoms. The number of carbonyl (C=O) groups is 1.